The van der Waals surface area contributed by atoms with Crippen molar-refractivity contribution >= 4 is 20.6 Å². The lowest BCUT2D eigenvalue weighted by Gasteiger charge is -2.13. The number of rotatable bonds is 0. The Balaban J connectivity index is 0.000000861. The van der Waals surface area contributed by atoms with Crippen molar-refractivity contribution in [3.05, 3.63) is 41.8 Å². The van der Waals surface area contributed by atoms with Crippen LogP contribution in [0.3, 0.4) is 0 Å². The molecule has 1 heterocycles. The van der Waals surface area contributed by atoms with Gasteiger partial charge in [0.2, 0.25) is 0 Å². The smallest absolute Gasteiger partial charge is 0.512 e. The highest BCUT2D eigenvalue weighted by Gasteiger charge is 2.50. The first-order valence-corrected chi connectivity index (χ1v) is 6.78. The summed E-state index contributed by atoms with van der Waals surface area (Å²) in [6, 6.07) is 8.48. The van der Waals surface area contributed by atoms with E-state index in [4.69, 9.17) is 11.8 Å². The maximum absolute atomic E-state index is 13.2. The minimum absolute atomic E-state index is 0.407. The van der Waals surface area contributed by atoms with Crippen molar-refractivity contribution in [1.29, 1.82) is 5.26 Å². The van der Waals surface area contributed by atoms with Crippen LogP contribution >= 0.6 is 10.5 Å². The van der Waals surface area contributed by atoms with Crippen LogP contribution in [-0.2, 0) is 10.9 Å². The second-order valence-corrected chi connectivity index (χ2v) is 7.00. The van der Waals surface area contributed by atoms with Gasteiger partial charge in [0.1, 0.15) is 0 Å². The minimum atomic E-state index is -4.19. The number of nitrogens with zero attached hydrogens (tertiary/aromatic N) is 1. The summed E-state index contributed by atoms with van der Waals surface area (Å²) in [5.74, 6) is 0. The molecule has 1 aromatic heterocycles. The van der Waals surface area contributed by atoms with Crippen LogP contribution in [0.1, 0.15) is 25.6 Å². The van der Waals surface area contributed by atoms with E-state index in [0.29, 0.717) is 15.0 Å². The Morgan fingerprint density at radius 2 is 1.58 bits per heavy atom. The summed E-state index contributed by atoms with van der Waals surface area (Å²) in [5.41, 5.74) is -4.65. The van der Waals surface area contributed by atoms with Crippen LogP contribution in [-0.4, -0.2) is 0 Å². The average Bonchev–Trinajstić information content (AvgIpc) is 2.70. The van der Waals surface area contributed by atoms with E-state index in [0.717, 1.165) is 0 Å². The van der Waals surface area contributed by atoms with E-state index in [-0.39, 0.29) is 0 Å². The zero-order chi connectivity index (χ0) is 14.8. The predicted molar refractivity (Wildman–Crippen MR) is 71.4 cm³/mol. The Labute approximate surface area is 113 Å². The lowest BCUT2D eigenvalue weighted by atomic mass is 9.94. The first-order valence-electron chi connectivity index (χ1n) is 5.56. The fraction of sp³-hybridized carbons (Fsp3) is 0.357. The van der Waals surface area contributed by atoms with Crippen LogP contribution < -0.4 is 0 Å². The highest BCUT2D eigenvalue weighted by Crippen LogP contribution is 2.53. The van der Waals surface area contributed by atoms with Crippen molar-refractivity contribution in [2.45, 2.75) is 31.7 Å². The third-order valence-electron chi connectivity index (χ3n) is 2.62. The number of alkyl halides is 3. The molecule has 2 rings (SSSR count). The maximum Gasteiger partial charge on any atom is 0.600 e. The SMILES string of the molecule is CC(C)(C)c1cc2ccccc2[s+]1C(F)(F)F.[C-]#N. The molecule has 0 aliphatic rings. The quantitative estimate of drug-likeness (QED) is 0.466. The largest absolute Gasteiger partial charge is 0.600 e. The fourth-order valence-electron chi connectivity index (χ4n) is 1.88. The minimum Gasteiger partial charge on any atom is -0.512 e. The summed E-state index contributed by atoms with van der Waals surface area (Å²) >= 11 is 0. The molecular weight excluding hydrogens is 271 g/mol. The van der Waals surface area contributed by atoms with Crippen molar-refractivity contribution < 1.29 is 13.2 Å². The van der Waals surface area contributed by atoms with Gasteiger partial charge in [-0.2, -0.15) is 0 Å². The molecule has 1 nitrogen and oxygen atoms in total. The van der Waals surface area contributed by atoms with Gasteiger partial charge in [-0.15, -0.1) is 13.2 Å². The van der Waals surface area contributed by atoms with Crippen molar-refractivity contribution in [2.24, 2.45) is 0 Å². The van der Waals surface area contributed by atoms with Gasteiger partial charge in [-0.1, -0.05) is 32.9 Å². The Kier molecular flexibility index (Phi) is 4.26. The van der Waals surface area contributed by atoms with Gasteiger partial charge >= 0.3 is 5.51 Å². The van der Waals surface area contributed by atoms with E-state index in [1.807, 2.05) is 20.8 Å². The standard InChI is InChI=1S/C13H14F3S.CN/c1-12(2,3)11-8-9-6-4-5-7-10(9)17(11)13(14,15)16;1-2/h4-8H,1-3H3;/q+1;-1. The van der Waals surface area contributed by atoms with Gasteiger partial charge < -0.3 is 11.8 Å². The molecule has 2 aromatic rings. The molecular formula is C14H14F3NS. The van der Waals surface area contributed by atoms with Gasteiger partial charge in [-0.05, 0) is 12.1 Å². The molecule has 0 saturated carbocycles. The van der Waals surface area contributed by atoms with Crippen molar-refractivity contribution in [3.8, 4) is 0 Å². The monoisotopic (exact) mass is 285 g/mol. The van der Waals surface area contributed by atoms with E-state index in [1.54, 1.807) is 30.3 Å². The maximum atomic E-state index is 13.2. The molecule has 0 N–H and O–H groups in total. The molecule has 1 aromatic carbocycles. The summed E-state index contributed by atoms with van der Waals surface area (Å²) in [4.78, 5) is 0.478. The number of halogens is 3. The predicted octanol–water partition coefficient (Wildman–Crippen LogP) is 5.46. The lowest BCUT2D eigenvalue weighted by molar-refractivity contribution is -0.0869. The summed E-state index contributed by atoms with van der Waals surface area (Å²) in [6.07, 6.45) is 0. The number of benzene rings is 1. The molecule has 0 amide bonds. The molecule has 0 spiro atoms. The first kappa shape index (κ1) is 15.5. The third kappa shape index (κ3) is 3.07. The number of fused-ring (bicyclic) bond motifs is 1. The Hall–Kier alpha value is -1.54. The molecule has 102 valence electrons. The van der Waals surface area contributed by atoms with Crippen LogP contribution in [0.5, 0.6) is 0 Å². The average molecular weight is 285 g/mol. The lowest BCUT2D eigenvalue weighted by Crippen LogP contribution is -2.12. The summed E-state index contributed by atoms with van der Waals surface area (Å²) in [7, 11) is -1.77. The number of hydrogen-bond acceptors (Lipinski definition) is 1. The van der Waals surface area contributed by atoms with E-state index in [9.17, 15) is 13.2 Å². The van der Waals surface area contributed by atoms with Gasteiger partial charge in [0.25, 0.3) is 0 Å². The van der Waals surface area contributed by atoms with E-state index in [1.165, 1.54) is 0 Å². The fourth-order valence-corrected chi connectivity index (χ4v) is 4.05. The second-order valence-electron chi connectivity index (χ2n) is 5.05. The normalized spacial score (nSPS) is 12.9. The summed E-state index contributed by atoms with van der Waals surface area (Å²) in [6.45, 7) is 10.2. The zero-order valence-electron chi connectivity index (χ0n) is 10.9. The molecule has 19 heavy (non-hydrogen) atoms. The van der Waals surface area contributed by atoms with Gasteiger partial charge in [0, 0.05) is 16.9 Å². The highest BCUT2D eigenvalue weighted by molar-refractivity contribution is 7.38. The summed E-state index contributed by atoms with van der Waals surface area (Å²) < 4.78 is 40.0. The Morgan fingerprint density at radius 3 is 2.05 bits per heavy atom. The van der Waals surface area contributed by atoms with Crippen LogP contribution in [0.25, 0.3) is 10.1 Å². The van der Waals surface area contributed by atoms with Gasteiger partial charge in [0.15, 0.2) is 9.58 Å². The number of thiophene rings is 1. The van der Waals surface area contributed by atoms with Crippen molar-refractivity contribution in [2.75, 3.05) is 0 Å². The van der Waals surface area contributed by atoms with Crippen molar-refractivity contribution in [3.63, 3.8) is 0 Å². The van der Waals surface area contributed by atoms with Crippen LogP contribution in [0.2, 0.25) is 0 Å². The molecule has 0 bridgehead atoms. The number of hydrogen-bond donors (Lipinski definition) is 0. The van der Waals surface area contributed by atoms with E-state index in [2.05, 4.69) is 0 Å². The van der Waals surface area contributed by atoms with Crippen molar-refractivity contribution in [1.82, 2.24) is 0 Å². The zero-order valence-corrected chi connectivity index (χ0v) is 11.7. The molecule has 0 aliphatic carbocycles. The Morgan fingerprint density at radius 1 is 1.05 bits per heavy atom. The molecule has 1 atom stereocenters. The topological polar surface area (TPSA) is 23.8 Å². The first-order chi connectivity index (χ1) is 8.71. The summed E-state index contributed by atoms with van der Waals surface area (Å²) in [5, 5.41) is 6.96. The molecule has 0 saturated heterocycles. The van der Waals surface area contributed by atoms with Crippen LogP contribution in [0.4, 0.5) is 13.2 Å². The molecule has 5 heteroatoms. The molecule has 0 radical (unpaired) electrons. The van der Waals surface area contributed by atoms with Gasteiger partial charge in [-0.3, -0.25) is 0 Å². The van der Waals surface area contributed by atoms with E-state index < -0.39 is 21.4 Å². The molecule has 1 unspecified atom stereocenters. The van der Waals surface area contributed by atoms with E-state index >= 15 is 0 Å². The van der Waals surface area contributed by atoms with Crippen LogP contribution in [0.15, 0.2) is 30.3 Å². The van der Waals surface area contributed by atoms with Crippen LogP contribution in [0, 0.1) is 11.8 Å². The third-order valence-corrected chi connectivity index (χ3v) is 5.06. The van der Waals surface area contributed by atoms with Gasteiger partial charge in [0.05, 0.1) is 10.5 Å². The highest BCUT2D eigenvalue weighted by atomic mass is 32.2. The van der Waals surface area contributed by atoms with Gasteiger partial charge in [-0.25, -0.2) is 0 Å². The Bertz CT molecular complexity index is 588. The molecule has 0 aliphatic heterocycles. The second kappa shape index (κ2) is 5.22. The molecule has 0 fully saturated rings.